The van der Waals surface area contributed by atoms with Crippen LogP contribution in [0.4, 0.5) is 0 Å². The topological polar surface area (TPSA) is 97.4 Å². The van der Waals surface area contributed by atoms with Gasteiger partial charge in [-0.05, 0) is 24.0 Å². The lowest BCUT2D eigenvalue weighted by Gasteiger charge is -2.35. The van der Waals surface area contributed by atoms with Crippen molar-refractivity contribution in [3.63, 3.8) is 0 Å². The molecule has 1 atom stereocenters. The zero-order chi connectivity index (χ0) is 16.9. The molecule has 4 heteroatoms. The van der Waals surface area contributed by atoms with Crippen LogP contribution < -0.4 is 5.73 Å². The van der Waals surface area contributed by atoms with Crippen molar-refractivity contribution in [1.29, 1.82) is 15.8 Å². The molecular weight excluding hydrogens is 284 g/mol. The van der Waals surface area contributed by atoms with E-state index in [4.69, 9.17) is 5.73 Å². The highest BCUT2D eigenvalue weighted by atomic mass is 14.7. The Morgan fingerprint density at radius 3 is 2.39 bits per heavy atom. The molecule has 0 aromatic heterocycles. The molecule has 4 nitrogen and oxygen atoms in total. The van der Waals surface area contributed by atoms with Crippen LogP contribution in [-0.4, -0.2) is 0 Å². The first-order valence-electron chi connectivity index (χ1n) is 7.61. The maximum atomic E-state index is 9.70. The number of allylic oxidation sites excluding steroid dienone is 4. The fraction of sp³-hybridized carbons (Fsp3) is 0.316. The number of hydrogen-bond acceptors (Lipinski definition) is 4. The molecular formula is C19H18N4. The van der Waals surface area contributed by atoms with Crippen LogP contribution in [0.5, 0.6) is 0 Å². The minimum Gasteiger partial charge on any atom is -0.399 e. The van der Waals surface area contributed by atoms with Crippen LogP contribution in [0.1, 0.15) is 37.7 Å². The summed E-state index contributed by atoms with van der Waals surface area (Å²) in [5, 5.41) is 28.9. The summed E-state index contributed by atoms with van der Waals surface area (Å²) in [6, 6.07) is 15.7. The van der Waals surface area contributed by atoms with Crippen molar-refractivity contribution in [1.82, 2.24) is 0 Å². The second-order valence-corrected chi connectivity index (χ2v) is 5.62. The van der Waals surface area contributed by atoms with Crippen LogP contribution in [0.15, 0.2) is 53.3 Å². The molecule has 0 bridgehead atoms. The molecule has 0 saturated heterocycles. The molecule has 2 rings (SSSR count). The summed E-state index contributed by atoms with van der Waals surface area (Å²) in [6.45, 7) is 2.06. The lowest BCUT2D eigenvalue weighted by Crippen LogP contribution is -2.37. The van der Waals surface area contributed by atoms with Gasteiger partial charge in [-0.3, -0.25) is 0 Å². The van der Waals surface area contributed by atoms with Gasteiger partial charge in [-0.2, -0.15) is 15.8 Å². The van der Waals surface area contributed by atoms with Crippen LogP contribution in [0.3, 0.4) is 0 Å². The maximum absolute atomic E-state index is 9.70. The monoisotopic (exact) mass is 302 g/mol. The molecule has 0 spiro atoms. The highest BCUT2D eigenvalue weighted by molar-refractivity contribution is 5.57. The summed E-state index contributed by atoms with van der Waals surface area (Å²) in [4.78, 5) is 0. The second-order valence-electron chi connectivity index (χ2n) is 5.62. The Hall–Kier alpha value is -3.03. The van der Waals surface area contributed by atoms with Crippen LogP contribution in [0.2, 0.25) is 0 Å². The molecule has 1 aromatic carbocycles. The lowest BCUT2D eigenvalue weighted by atomic mass is 9.63. The summed E-state index contributed by atoms with van der Waals surface area (Å²) in [6.07, 6.45) is 4.26. The Morgan fingerprint density at radius 1 is 1.22 bits per heavy atom. The molecule has 0 heterocycles. The average Bonchev–Trinajstić information content (AvgIpc) is 2.60. The molecule has 1 aliphatic carbocycles. The molecule has 0 amide bonds. The Morgan fingerprint density at radius 2 is 1.87 bits per heavy atom. The van der Waals surface area contributed by atoms with Gasteiger partial charge in [0.1, 0.15) is 6.07 Å². The molecule has 114 valence electrons. The van der Waals surface area contributed by atoms with E-state index in [2.05, 4.69) is 25.1 Å². The van der Waals surface area contributed by atoms with Crippen molar-refractivity contribution in [3.05, 3.63) is 58.8 Å². The van der Waals surface area contributed by atoms with Gasteiger partial charge in [0.15, 0.2) is 5.41 Å². The summed E-state index contributed by atoms with van der Waals surface area (Å²) in [5.74, 6) is -0.376. The molecule has 0 saturated carbocycles. The number of benzene rings is 1. The van der Waals surface area contributed by atoms with E-state index in [0.29, 0.717) is 6.42 Å². The third kappa shape index (κ3) is 2.70. The molecule has 1 unspecified atom stereocenters. The standard InChI is InChI=1S/C19H18N4/c1-2-3-7-15-10-17(14-8-5-4-6-9-14)19(12-21,13-22)18(23)16(15)11-20/h4-9,17H,2-3,10,23H2,1H3/b15-7-. The Balaban J connectivity index is 2.69. The van der Waals surface area contributed by atoms with Gasteiger partial charge in [-0.15, -0.1) is 0 Å². The van der Waals surface area contributed by atoms with E-state index >= 15 is 0 Å². The van der Waals surface area contributed by atoms with Crippen molar-refractivity contribution in [3.8, 4) is 18.2 Å². The number of unbranched alkanes of at least 4 members (excludes halogenated alkanes) is 1. The van der Waals surface area contributed by atoms with Crippen molar-refractivity contribution < 1.29 is 0 Å². The number of rotatable bonds is 3. The minimum absolute atomic E-state index is 0.0763. The second kappa shape index (κ2) is 6.82. The zero-order valence-corrected chi connectivity index (χ0v) is 13.1. The van der Waals surface area contributed by atoms with Crippen molar-refractivity contribution in [2.75, 3.05) is 0 Å². The first-order valence-corrected chi connectivity index (χ1v) is 7.61. The largest absolute Gasteiger partial charge is 0.399 e. The Kier molecular flexibility index (Phi) is 4.85. The molecule has 23 heavy (non-hydrogen) atoms. The van der Waals surface area contributed by atoms with E-state index in [1.165, 1.54) is 0 Å². The molecule has 2 N–H and O–H groups in total. The fourth-order valence-electron chi connectivity index (χ4n) is 3.02. The van der Waals surface area contributed by atoms with Crippen LogP contribution in [-0.2, 0) is 0 Å². The van der Waals surface area contributed by atoms with Crippen molar-refractivity contribution in [2.24, 2.45) is 11.1 Å². The van der Waals surface area contributed by atoms with Crippen molar-refractivity contribution in [2.45, 2.75) is 32.1 Å². The van der Waals surface area contributed by atoms with Gasteiger partial charge in [0, 0.05) is 5.92 Å². The Bertz CT molecular complexity index is 752. The maximum Gasteiger partial charge on any atom is 0.191 e. The van der Waals surface area contributed by atoms with E-state index < -0.39 is 5.41 Å². The van der Waals surface area contributed by atoms with Gasteiger partial charge >= 0.3 is 0 Å². The third-order valence-electron chi connectivity index (χ3n) is 4.31. The first-order chi connectivity index (χ1) is 11.1. The van der Waals surface area contributed by atoms with Gasteiger partial charge in [0.2, 0.25) is 0 Å². The number of hydrogen-bond donors (Lipinski definition) is 1. The number of nitriles is 3. The normalized spacial score (nSPS) is 21.3. The van der Waals surface area contributed by atoms with E-state index in [0.717, 1.165) is 24.0 Å². The minimum atomic E-state index is -1.50. The van der Waals surface area contributed by atoms with E-state index in [1.807, 2.05) is 36.4 Å². The smallest absolute Gasteiger partial charge is 0.191 e. The average molecular weight is 302 g/mol. The number of nitrogens with zero attached hydrogens (tertiary/aromatic N) is 3. The third-order valence-corrected chi connectivity index (χ3v) is 4.31. The first kappa shape index (κ1) is 16.3. The van der Waals surface area contributed by atoms with Gasteiger partial charge < -0.3 is 5.73 Å². The molecule has 1 aliphatic rings. The summed E-state index contributed by atoms with van der Waals surface area (Å²) in [5.41, 5.74) is 6.73. The zero-order valence-electron chi connectivity index (χ0n) is 13.1. The van der Waals surface area contributed by atoms with Gasteiger partial charge in [0.25, 0.3) is 0 Å². The highest BCUT2D eigenvalue weighted by Gasteiger charge is 2.48. The lowest BCUT2D eigenvalue weighted by molar-refractivity contribution is 0.447. The molecule has 0 aliphatic heterocycles. The van der Waals surface area contributed by atoms with Crippen LogP contribution >= 0.6 is 0 Å². The summed E-state index contributed by atoms with van der Waals surface area (Å²) < 4.78 is 0. The van der Waals surface area contributed by atoms with E-state index in [-0.39, 0.29) is 17.2 Å². The predicted molar refractivity (Wildman–Crippen MR) is 87.3 cm³/mol. The summed E-state index contributed by atoms with van der Waals surface area (Å²) >= 11 is 0. The number of nitrogens with two attached hydrogens (primary N) is 1. The summed E-state index contributed by atoms with van der Waals surface area (Å²) in [7, 11) is 0. The van der Waals surface area contributed by atoms with Crippen LogP contribution in [0.25, 0.3) is 0 Å². The van der Waals surface area contributed by atoms with Gasteiger partial charge in [-0.25, -0.2) is 0 Å². The van der Waals surface area contributed by atoms with Crippen molar-refractivity contribution >= 4 is 0 Å². The fourth-order valence-corrected chi connectivity index (χ4v) is 3.02. The van der Waals surface area contributed by atoms with E-state index in [1.54, 1.807) is 0 Å². The van der Waals surface area contributed by atoms with Gasteiger partial charge in [0.05, 0.1) is 23.4 Å². The highest BCUT2D eigenvalue weighted by Crippen LogP contribution is 2.49. The molecule has 0 radical (unpaired) electrons. The SMILES string of the molecule is CCC/C=C1/CC(c2ccccc2)C(C#N)(C#N)C(N)=C1C#N. The molecule has 1 aromatic rings. The molecule has 0 fully saturated rings. The quantitative estimate of drug-likeness (QED) is 0.921. The predicted octanol–water partition coefficient (Wildman–Crippen LogP) is 3.67. The Labute approximate surface area is 136 Å². The van der Waals surface area contributed by atoms with Crippen LogP contribution in [0, 0.1) is 39.4 Å². The van der Waals surface area contributed by atoms with E-state index in [9.17, 15) is 15.8 Å². The van der Waals surface area contributed by atoms with Gasteiger partial charge in [-0.1, -0.05) is 49.8 Å².